The molecule has 0 atom stereocenters. The highest BCUT2D eigenvalue weighted by Crippen LogP contribution is 2.29. The van der Waals surface area contributed by atoms with Crippen LogP contribution in [0.2, 0.25) is 0 Å². The first-order valence-corrected chi connectivity index (χ1v) is 14.9. The maximum Gasteiger partial charge on any atom is 0.291 e. The molecule has 0 fully saturated rings. The van der Waals surface area contributed by atoms with Gasteiger partial charge < -0.3 is 9.47 Å². The van der Waals surface area contributed by atoms with E-state index in [9.17, 15) is 4.79 Å². The number of ether oxygens (including phenoxy) is 2. The van der Waals surface area contributed by atoms with Crippen LogP contribution >= 0.6 is 11.3 Å². The van der Waals surface area contributed by atoms with E-state index >= 15 is 0 Å². The maximum atomic E-state index is 13.4. The van der Waals surface area contributed by atoms with Crippen LogP contribution in [-0.4, -0.2) is 37.1 Å². The van der Waals surface area contributed by atoms with Gasteiger partial charge in [0, 0.05) is 17.3 Å². The van der Waals surface area contributed by atoms with E-state index in [1.807, 2.05) is 117 Å². The lowest BCUT2D eigenvalue weighted by atomic mass is 10.0. The summed E-state index contributed by atoms with van der Waals surface area (Å²) in [4.78, 5) is 18.5. The fourth-order valence-electron chi connectivity index (χ4n) is 4.69. The largest absolute Gasteiger partial charge is 0.494 e. The molecule has 0 saturated heterocycles. The highest BCUT2D eigenvalue weighted by Gasteiger charge is 2.15. The Hall–Kier alpha value is -5.02. The zero-order valence-electron chi connectivity index (χ0n) is 24.4. The van der Waals surface area contributed by atoms with Crippen molar-refractivity contribution in [1.29, 1.82) is 0 Å². The van der Waals surface area contributed by atoms with Crippen molar-refractivity contribution in [3.05, 3.63) is 116 Å². The summed E-state index contributed by atoms with van der Waals surface area (Å²) in [7, 11) is 0. The molecule has 0 radical (unpaired) electrons. The smallest absolute Gasteiger partial charge is 0.291 e. The van der Waals surface area contributed by atoms with Crippen LogP contribution in [-0.2, 0) is 0 Å². The molecule has 0 amide bonds. The molecule has 0 spiro atoms. The summed E-state index contributed by atoms with van der Waals surface area (Å²) in [5.41, 5.74) is 5.22. The molecule has 8 nitrogen and oxygen atoms in total. The average Bonchev–Trinajstić information content (AvgIpc) is 3.69. The van der Waals surface area contributed by atoms with E-state index in [2.05, 4.69) is 16.1 Å². The van der Waals surface area contributed by atoms with Gasteiger partial charge in [-0.05, 0) is 93.4 Å². The fourth-order valence-corrected chi connectivity index (χ4v) is 5.59. The standard InChI is InChI=1S/C34H31N5O3S/c1-5-41-28-15-11-24(12-16-28)13-18-31-35-34-39(36-31)33(40)30(43-34)20-26-21-38(27-9-7-6-8-10-27)37-32(26)25-14-17-29(23(4)19-25)42-22(2)3/h6-22H,5H2,1-4H3/b18-13+,30-20-. The Morgan fingerprint density at radius 3 is 2.47 bits per heavy atom. The molecule has 0 N–H and O–H groups in total. The fraction of sp³-hybridized carbons (Fsp3) is 0.176. The summed E-state index contributed by atoms with van der Waals surface area (Å²) in [5.74, 6) is 2.14. The number of fused-ring (bicyclic) bond motifs is 1. The molecule has 0 bridgehead atoms. The lowest BCUT2D eigenvalue weighted by Crippen LogP contribution is -2.23. The molecule has 0 unspecified atom stereocenters. The van der Waals surface area contributed by atoms with Crippen molar-refractivity contribution in [3.63, 3.8) is 0 Å². The SMILES string of the molecule is CCOc1ccc(/C=C/c2nc3s/c(=C\c4cn(-c5ccccc5)nc4-c4ccc(OC(C)C)c(C)c4)c(=O)n3n2)cc1. The molecular weight excluding hydrogens is 558 g/mol. The highest BCUT2D eigenvalue weighted by atomic mass is 32.1. The predicted octanol–water partition coefficient (Wildman–Crippen LogP) is 6.22. The minimum atomic E-state index is -0.219. The molecule has 3 aromatic carbocycles. The number of rotatable bonds is 9. The van der Waals surface area contributed by atoms with E-state index in [-0.39, 0.29) is 11.7 Å². The summed E-state index contributed by atoms with van der Waals surface area (Å²) >= 11 is 1.30. The molecule has 0 aliphatic carbocycles. The Labute approximate surface area is 253 Å². The van der Waals surface area contributed by atoms with Crippen LogP contribution in [0.25, 0.3) is 40.1 Å². The number of nitrogens with zero attached hydrogens (tertiary/aromatic N) is 5. The minimum Gasteiger partial charge on any atom is -0.494 e. The van der Waals surface area contributed by atoms with Crippen molar-refractivity contribution in [2.45, 2.75) is 33.8 Å². The van der Waals surface area contributed by atoms with Crippen LogP contribution in [0.4, 0.5) is 0 Å². The molecule has 9 heteroatoms. The number of para-hydroxylation sites is 1. The van der Waals surface area contributed by atoms with Gasteiger partial charge in [0.2, 0.25) is 4.96 Å². The van der Waals surface area contributed by atoms with E-state index in [0.29, 0.717) is 21.9 Å². The van der Waals surface area contributed by atoms with Gasteiger partial charge in [0.25, 0.3) is 5.56 Å². The van der Waals surface area contributed by atoms with Gasteiger partial charge in [-0.25, -0.2) is 4.68 Å². The predicted molar refractivity (Wildman–Crippen MR) is 172 cm³/mol. The zero-order chi connectivity index (χ0) is 29.9. The van der Waals surface area contributed by atoms with Crippen LogP contribution in [0.3, 0.4) is 0 Å². The number of hydrogen-bond acceptors (Lipinski definition) is 7. The number of benzene rings is 3. The second kappa shape index (κ2) is 12.1. The third kappa shape index (κ3) is 6.12. The number of hydrogen-bond donors (Lipinski definition) is 0. The van der Waals surface area contributed by atoms with Crippen LogP contribution in [0, 0.1) is 6.92 Å². The van der Waals surface area contributed by atoms with Gasteiger partial charge in [0.05, 0.1) is 22.9 Å². The molecule has 216 valence electrons. The third-order valence-corrected chi connectivity index (χ3v) is 7.63. The number of aryl methyl sites for hydroxylation is 1. The monoisotopic (exact) mass is 589 g/mol. The molecule has 6 aromatic rings. The Morgan fingerprint density at radius 2 is 1.77 bits per heavy atom. The van der Waals surface area contributed by atoms with E-state index < -0.39 is 0 Å². The second-order valence-corrected chi connectivity index (χ2v) is 11.3. The van der Waals surface area contributed by atoms with Gasteiger partial charge in [0.15, 0.2) is 5.82 Å². The molecule has 3 heterocycles. The molecule has 3 aromatic heterocycles. The van der Waals surface area contributed by atoms with Crippen molar-refractivity contribution in [2.24, 2.45) is 0 Å². The summed E-state index contributed by atoms with van der Waals surface area (Å²) in [6.45, 7) is 8.62. The van der Waals surface area contributed by atoms with Crippen molar-refractivity contribution >= 4 is 34.5 Å². The average molecular weight is 590 g/mol. The van der Waals surface area contributed by atoms with Crippen LogP contribution < -0.4 is 19.6 Å². The summed E-state index contributed by atoms with van der Waals surface area (Å²) < 4.78 is 15.2. The lowest BCUT2D eigenvalue weighted by molar-refractivity contribution is 0.241. The van der Waals surface area contributed by atoms with Crippen molar-refractivity contribution in [2.75, 3.05) is 6.61 Å². The van der Waals surface area contributed by atoms with Gasteiger partial charge >= 0.3 is 0 Å². The highest BCUT2D eigenvalue weighted by molar-refractivity contribution is 7.15. The van der Waals surface area contributed by atoms with E-state index in [1.165, 1.54) is 15.9 Å². The third-order valence-electron chi connectivity index (χ3n) is 6.68. The minimum absolute atomic E-state index is 0.0794. The normalized spacial score (nSPS) is 12.2. The first-order valence-electron chi connectivity index (χ1n) is 14.1. The van der Waals surface area contributed by atoms with Gasteiger partial charge in [-0.3, -0.25) is 4.79 Å². The van der Waals surface area contributed by atoms with Gasteiger partial charge in [-0.1, -0.05) is 47.7 Å². The Bertz CT molecular complexity index is 2020. The molecule has 0 aliphatic heterocycles. The zero-order valence-corrected chi connectivity index (χ0v) is 25.2. The number of thiazole rings is 1. The maximum absolute atomic E-state index is 13.4. The van der Waals surface area contributed by atoms with Crippen LogP contribution in [0.1, 0.15) is 43.3 Å². The van der Waals surface area contributed by atoms with Crippen molar-refractivity contribution in [3.8, 4) is 28.4 Å². The molecule has 0 aliphatic rings. The summed E-state index contributed by atoms with van der Waals surface area (Å²) in [6.07, 6.45) is 7.61. The van der Waals surface area contributed by atoms with Gasteiger partial charge in [0.1, 0.15) is 17.2 Å². The van der Waals surface area contributed by atoms with E-state index in [1.54, 1.807) is 6.08 Å². The quantitative estimate of drug-likeness (QED) is 0.199. The first kappa shape index (κ1) is 28.1. The molecule has 6 rings (SSSR count). The Kier molecular flexibility index (Phi) is 7.89. The summed E-state index contributed by atoms with van der Waals surface area (Å²) in [6, 6.07) is 23.7. The Balaban J connectivity index is 1.36. The first-order chi connectivity index (χ1) is 20.9. The molecule has 43 heavy (non-hydrogen) atoms. The van der Waals surface area contributed by atoms with Crippen molar-refractivity contribution in [1.82, 2.24) is 24.4 Å². The topological polar surface area (TPSA) is 83.5 Å². The van der Waals surface area contributed by atoms with Gasteiger partial charge in [-0.2, -0.15) is 14.6 Å². The van der Waals surface area contributed by atoms with Crippen LogP contribution in [0.5, 0.6) is 11.5 Å². The summed E-state index contributed by atoms with van der Waals surface area (Å²) in [5, 5.41) is 9.38. The van der Waals surface area contributed by atoms with Crippen molar-refractivity contribution < 1.29 is 9.47 Å². The van der Waals surface area contributed by atoms with E-state index in [4.69, 9.17) is 14.6 Å². The second-order valence-electron chi connectivity index (χ2n) is 10.3. The van der Waals surface area contributed by atoms with E-state index in [0.717, 1.165) is 45.1 Å². The Morgan fingerprint density at radius 1 is 0.977 bits per heavy atom. The molecular formula is C34H31N5O3S. The lowest BCUT2D eigenvalue weighted by Gasteiger charge is -2.13. The molecule has 0 saturated carbocycles. The van der Waals surface area contributed by atoms with Crippen LogP contribution in [0.15, 0.2) is 83.8 Å². The van der Waals surface area contributed by atoms with Gasteiger partial charge in [-0.15, -0.1) is 5.10 Å². The number of aromatic nitrogens is 5.